The molecule has 0 spiro atoms. The van der Waals surface area contributed by atoms with E-state index in [-0.39, 0.29) is 0 Å². The first-order valence-corrected chi connectivity index (χ1v) is 11.9. The van der Waals surface area contributed by atoms with Crippen LogP contribution in [0.3, 0.4) is 0 Å². The third-order valence-electron chi connectivity index (χ3n) is 4.09. The van der Waals surface area contributed by atoms with Crippen LogP contribution in [0.25, 0.3) is 0 Å². The summed E-state index contributed by atoms with van der Waals surface area (Å²) in [6, 6.07) is 1.73. The van der Waals surface area contributed by atoms with Crippen LogP contribution in [0.5, 0.6) is 0 Å². The predicted molar refractivity (Wildman–Crippen MR) is 108 cm³/mol. The van der Waals surface area contributed by atoms with E-state index >= 15 is 0 Å². The lowest BCUT2D eigenvalue weighted by Crippen LogP contribution is -2.49. The molecule has 0 amide bonds. The fourth-order valence-electron chi connectivity index (χ4n) is 2.80. The Balaban J connectivity index is 1.84. The molecule has 25 heavy (non-hydrogen) atoms. The molecule has 1 atom stereocenters. The minimum atomic E-state index is -3.45. The van der Waals surface area contributed by atoms with Crippen molar-refractivity contribution < 1.29 is 8.42 Å². The maximum Gasteiger partial charge on any atom is 0.241 e. The quantitative estimate of drug-likeness (QED) is 0.431. The minimum Gasteiger partial charge on any atom is -0.355 e. The van der Waals surface area contributed by atoms with Crippen LogP contribution in [-0.4, -0.2) is 63.5 Å². The average molecular weight is 405 g/mol. The fourth-order valence-corrected chi connectivity index (χ4v) is 6.57. The summed E-state index contributed by atoms with van der Waals surface area (Å²) in [5.41, 5.74) is 0. The van der Waals surface area contributed by atoms with Crippen molar-refractivity contribution in [3.8, 4) is 0 Å². The van der Waals surface area contributed by atoms with Crippen molar-refractivity contribution in [2.75, 3.05) is 39.0 Å². The van der Waals surface area contributed by atoms with Crippen molar-refractivity contribution in [3.63, 3.8) is 0 Å². The molecular formula is C16H28N4O2S3. The van der Waals surface area contributed by atoms with E-state index in [0.717, 1.165) is 41.0 Å². The Morgan fingerprint density at radius 3 is 2.76 bits per heavy atom. The van der Waals surface area contributed by atoms with Crippen molar-refractivity contribution in [1.82, 2.24) is 14.9 Å². The van der Waals surface area contributed by atoms with E-state index in [1.165, 1.54) is 11.3 Å². The normalized spacial score (nSPS) is 19.3. The van der Waals surface area contributed by atoms with Crippen LogP contribution in [0.15, 0.2) is 16.0 Å². The molecule has 1 aliphatic heterocycles. The second-order valence-corrected chi connectivity index (χ2v) is 10.6. The molecule has 1 aliphatic rings. The Kier molecular flexibility index (Phi) is 7.60. The van der Waals surface area contributed by atoms with Gasteiger partial charge in [0.25, 0.3) is 0 Å². The van der Waals surface area contributed by atoms with Crippen LogP contribution in [0.1, 0.15) is 23.1 Å². The summed E-state index contributed by atoms with van der Waals surface area (Å²) in [6.45, 7) is 8.76. The van der Waals surface area contributed by atoms with Crippen molar-refractivity contribution >= 4 is 39.1 Å². The van der Waals surface area contributed by atoms with Gasteiger partial charge in [-0.3, -0.25) is 4.99 Å². The number of aryl methyl sites for hydroxylation is 2. The summed E-state index contributed by atoms with van der Waals surface area (Å²) in [5.74, 6) is 1.95. The fraction of sp³-hybridized carbons (Fsp3) is 0.688. The summed E-state index contributed by atoms with van der Waals surface area (Å²) in [5, 5.41) is 3.90. The molecule has 6 nitrogen and oxygen atoms in total. The Morgan fingerprint density at radius 2 is 2.16 bits per heavy atom. The predicted octanol–water partition coefficient (Wildman–Crippen LogP) is 2.05. The number of rotatable bonds is 6. The monoisotopic (exact) mass is 404 g/mol. The average Bonchev–Trinajstić information content (AvgIpc) is 2.94. The standard InChI is InChI=1S/C16H28N4O2S3/c1-5-14-11-20(8-9-23-14)16(17-4)18-6-7-19-25(21,22)15-10-12(2)24-13(15)3/h10,14,19H,5-9,11H2,1-4H3,(H,17,18). The molecule has 0 saturated carbocycles. The maximum atomic E-state index is 12.4. The molecule has 1 unspecified atom stereocenters. The molecule has 1 fully saturated rings. The summed E-state index contributed by atoms with van der Waals surface area (Å²) in [6.07, 6.45) is 1.15. The molecule has 0 aromatic carbocycles. The number of hydrogen-bond donors (Lipinski definition) is 2. The third-order valence-corrected chi connectivity index (χ3v) is 8.15. The van der Waals surface area contributed by atoms with Gasteiger partial charge in [0.05, 0.1) is 4.90 Å². The lowest BCUT2D eigenvalue weighted by atomic mass is 10.3. The smallest absolute Gasteiger partial charge is 0.241 e. The van der Waals surface area contributed by atoms with Gasteiger partial charge in [0.1, 0.15) is 0 Å². The number of guanidine groups is 1. The van der Waals surface area contributed by atoms with Crippen molar-refractivity contribution in [2.45, 2.75) is 37.3 Å². The number of aliphatic imine (C=N–C) groups is 1. The summed E-state index contributed by atoms with van der Waals surface area (Å²) in [4.78, 5) is 8.81. The Labute approximate surface area is 159 Å². The molecule has 0 radical (unpaired) electrons. The molecular weight excluding hydrogens is 376 g/mol. The van der Waals surface area contributed by atoms with Gasteiger partial charge in [-0.2, -0.15) is 11.8 Å². The second-order valence-electron chi connectivity index (χ2n) is 6.00. The maximum absolute atomic E-state index is 12.4. The van der Waals surface area contributed by atoms with Gasteiger partial charge in [-0.1, -0.05) is 6.92 Å². The van der Waals surface area contributed by atoms with Crippen LogP contribution in [0.4, 0.5) is 0 Å². The van der Waals surface area contributed by atoms with E-state index in [1.54, 1.807) is 13.1 Å². The van der Waals surface area contributed by atoms with Crippen molar-refractivity contribution in [1.29, 1.82) is 0 Å². The van der Waals surface area contributed by atoms with Crippen LogP contribution < -0.4 is 10.0 Å². The molecule has 0 bridgehead atoms. The van der Waals surface area contributed by atoms with Crippen LogP contribution >= 0.6 is 23.1 Å². The summed E-state index contributed by atoms with van der Waals surface area (Å²) in [7, 11) is -1.68. The van der Waals surface area contributed by atoms with Gasteiger partial charge in [-0.05, 0) is 26.3 Å². The van der Waals surface area contributed by atoms with E-state index in [4.69, 9.17) is 0 Å². The number of nitrogens with zero attached hydrogens (tertiary/aromatic N) is 2. The number of thiophene rings is 1. The number of thioether (sulfide) groups is 1. The zero-order valence-electron chi connectivity index (χ0n) is 15.3. The Bertz CT molecular complexity index is 700. The lowest BCUT2D eigenvalue weighted by Gasteiger charge is -2.34. The molecule has 1 saturated heterocycles. The van der Waals surface area contributed by atoms with Crippen molar-refractivity contribution in [3.05, 3.63) is 15.8 Å². The highest BCUT2D eigenvalue weighted by atomic mass is 32.2. The summed E-state index contributed by atoms with van der Waals surface area (Å²) >= 11 is 3.51. The third kappa shape index (κ3) is 5.60. The van der Waals surface area contributed by atoms with Crippen LogP contribution in [-0.2, 0) is 10.0 Å². The largest absolute Gasteiger partial charge is 0.355 e. The topological polar surface area (TPSA) is 73.8 Å². The first-order valence-electron chi connectivity index (χ1n) is 8.51. The number of sulfonamides is 1. The number of nitrogens with one attached hydrogen (secondary N) is 2. The van der Waals surface area contributed by atoms with Gasteiger partial charge in [-0.25, -0.2) is 13.1 Å². The molecule has 2 rings (SSSR count). The molecule has 0 aliphatic carbocycles. The molecule has 1 aromatic rings. The van der Waals surface area contributed by atoms with E-state index in [2.05, 4.69) is 26.9 Å². The number of hydrogen-bond acceptors (Lipinski definition) is 5. The Hall–Kier alpha value is -0.770. The highest BCUT2D eigenvalue weighted by Crippen LogP contribution is 2.24. The summed E-state index contributed by atoms with van der Waals surface area (Å²) < 4.78 is 27.4. The highest BCUT2D eigenvalue weighted by molar-refractivity contribution is 8.00. The zero-order valence-corrected chi connectivity index (χ0v) is 17.8. The van der Waals surface area contributed by atoms with Gasteiger partial charge in [0, 0.05) is 54.0 Å². The van der Waals surface area contributed by atoms with E-state index < -0.39 is 10.0 Å². The Morgan fingerprint density at radius 1 is 1.40 bits per heavy atom. The van der Waals surface area contributed by atoms with Gasteiger partial charge in [0.2, 0.25) is 10.0 Å². The highest BCUT2D eigenvalue weighted by Gasteiger charge is 2.22. The zero-order chi connectivity index (χ0) is 18.4. The van der Waals surface area contributed by atoms with Gasteiger partial charge < -0.3 is 10.2 Å². The van der Waals surface area contributed by atoms with Crippen LogP contribution in [0, 0.1) is 13.8 Å². The first-order chi connectivity index (χ1) is 11.9. The van der Waals surface area contributed by atoms with E-state index in [9.17, 15) is 8.42 Å². The molecule has 1 aromatic heterocycles. The molecule has 142 valence electrons. The van der Waals surface area contributed by atoms with Crippen molar-refractivity contribution in [2.24, 2.45) is 4.99 Å². The minimum absolute atomic E-state index is 0.329. The molecule has 2 N–H and O–H groups in total. The van der Waals surface area contributed by atoms with E-state index in [0.29, 0.717) is 23.2 Å². The molecule has 9 heteroatoms. The van der Waals surface area contributed by atoms with E-state index in [1.807, 2.05) is 25.6 Å². The lowest BCUT2D eigenvalue weighted by molar-refractivity contribution is 0.408. The van der Waals surface area contributed by atoms with Gasteiger partial charge >= 0.3 is 0 Å². The van der Waals surface area contributed by atoms with Gasteiger partial charge in [0.15, 0.2) is 5.96 Å². The van der Waals surface area contributed by atoms with Gasteiger partial charge in [-0.15, -0.1) is 11.3 Å². The van der Waals surface area contributed by atoms with Crippen LogP contribution in [0.2, 0.25) is 0 Å². The molecule has 2 heterocycles. The first kappa shape index (κ1) is 20.5. The SMILES string of the molecule is CCC1CN(C(=NC)NCCNS(=O)(=O)c2cc(C)sc2C)CCS1. The second kappa shape index (κ2) is 9.25.